The van der Waals surface area contributed by atoms with E-state index in [4.69, 9.17) is 0 Å². The third-order valence-corrected chi connectivity index (χ3v) is 3.35. The van der Waals surface area contributed by atoms with Crippen LogP contribution in [0.25, 0.3) is 0 Å². The summed E-state index contributed by atoms with van der Waals surface area (Å²) in [7, 11) is 0. The number of rotatable bonds is 8. The maximum absolute atomic E-state index is 4.12. The second-order valence-corrected chi connectivity index (χ2v) is 4.97. The van der Waals surface area contributed by atoms with Crippen molar-refractivity contribution in [3.63, 3.8) is 0 Å². The first-order valence-corrected chi connectivity index (χ1v) is 6.42. The van der Waals surface area contributed by atoms with Crippen molar-refractivity contribution in [1.82, 2.24) is 5.32 Å². The molecule has 0 aromatic heterocycles. The van der Waals surface area contributed by atoms with E-state index in [9.17, 15) is 0 Å². The third-order valence-electron chi connectivity index (χ3n) is 3.35. The monoisotopic (exact) mass is 211 g/mol. The summed E-state index contributed by atoms with van der Waals surface area (Å²) in [4.78, 5) is 0. The van der Waals surface area contributed by atoms with Gasteiger partial charge in [0.25, 0.3) is 0 Å². The smallest absolute Gasteiger partial charge is 0.0132 e. The first kappa shape index (κ1) is 14.7. The van der Waals surface area contributed by atoms with Crippen LogP contribution < -0.4 is 5.32 Å². The van der Waals surface area contributed by atoms with Crippen molar-refractivity contribution in [3.05, 3.63) is 12.2 Å². The summed E-state index contributed by atoms with van der Waals surface area (Å²) in [5.74, 6) is 1.46. The second kappa shape index (κ2) is 7.92. The van der Waals surface area contributed by atoms with E-state index in [0.29, 0.717) is 6.04 Å². The van der Waals surface area contributed by atoms with Gasteiger partial charge in [-0.1, -0.05) is 46.8 Å². The van der Waals surface area contributed by atoms with E-state index in [-0.39, 0.29) is 0 Å². The molecule has 0 aliphatic carbocycles. The molecule has 15 heavy (non-hydrogen) atoms. The zero-order chi connectivity index (χ0) is 11.8. The Labute approximate surface area is 96.3 Å². The number of nitrogens with one attached hydrogen (secondary N) is 1. The molecule has 0 bridgehead atoms. The van der Waals surface area contributed by atoms with Crippen molar-refractivity contribution < 1.29 is 0 Å². The van der Waals surface area contributed by atoms with Gasteiger partial charge in [0.2, 0.25) is 0 Å². The van der Waals surface area contributed by atoms with E-state index in [1.807, 2.05) is 0 Å². The van der Waals surface area contributed by atoms with Crippen molar-refractivity contribution in [2.75, 3.05) is 6.54 Å². The van der Waals surface area contributed by atoms with Crippen LogP contribution in [-0.2, 0) is 0 Å². The molecule has 0 aliphatic heterocycles. The SMILES string of the molecule is C=C(CC)CC(NCCC)C(C)C(C)C. The molecule has 0 fully saturated rings. The predicted molar refractivity (Wildman–Crippen MR) is 70.1 cm³/mol. The molecule has 90 valence electrons. The van der Waals surface area contributed by atoms with E-state index in [0.717, 1.165) is 31.2 Å². The van der Waals surface area contributed by atoms with Crippen LogP contribution in [0.4, 0.5) is 0 Å². The highest BCUT2D eigenvalue weighted by molar-refractivity contribution is 4.98. The van der Waals surface area contributed by atoms with Gasteiger partial charge in [-0.25, -0.2) is 0 Å². The van der Waals surface area contributed by atoms with E-state index in [2.05, 4.69) is 46.5 Å². The van der Waals surface area contributed by atoms with Crippen molar-refractivity contribution in [2.24, 2.45) is 11.8 Å². The van der Waals surface area contributed by atoms with Crippen molar-refractivity contribution in [2.45, 2.75) is 59.9 Å². The molecule has 0 aliphatic rings. The first-order valence-electron chi connectivity index (χ1n) is 6.42. The van der Waals surface area contributed by atoms with Crippen LogP contribution in [0.2, 0.25) is 0 Å². The third kappa shape index (κ3) is 5.99. The van der Waals surface area contributed by atoms with Gasteiger partial charge in [0.1, 0.15) is 0 Å². The maximum Gasteiger partial charge on any atom is 0.0132 e. The molecule has 2 atom stereocenters. The molecule has 1 heteroatoms. The normalized spacial score (nSPS) is 15.3. The van der Waals surface area contributed by atoms with Crippen LogP contribution in [0.1, 0.15) is 53.9 Å². The molecule has 0 radical (unpaired) electrons. The molecule has 0 amide bonds. The van der Waals surface area contributed by atoms with Crippen LogP contribution in [0.3, 0.4) is 0 Å². The standard InChI is InChI=1S/C14H29N/c1-7-9-15-14(10-12(5)8-2)13(6)11(3)4/h11,13-15H,5,7-10H2,1-4,6H3. The summed E-state index contributed by atoms with van der Waals surface area (Å²) < 4.78 is 0. The predicted octanol–water partition coefficient (Wildman–Crippen LogP) is 4.00. The van der Waals surface area contributed by atoms with Gasteiger partial charge in [0, 0.05) is 6.04 Å². The van der Waals surface area contributed by atoms with Gasteiger partial charge in [0.15, 0.2) is 0 Å². The molecule has 0 spiro atoms. The second-order valence-electron chi connectivity index (χ2n) is 4.97. The Kier molecular flexibility index (Phi) is 7.76. The Balaban J connectivity index is 4.22. The molecule has 0 heterocycles. The average Bonchev–Trinajstić information content (AvgIpc) is 2.22. The van der Waals surface area contributed by atoms with Gasteiger partial charge in [-0.05, 0) is 37.6 Å². The van der Waals surface area contributed by atoms with Crippen LogP contribution in [0.15, 0.2) is 12.2 Å². The van der Waals surface area contributed by atoms with Crippen LogP contribution in [0, 0.1) is 11.8 Å². The van der Waals surface area contributed by atoms with E-state index in [1.165, 1.54) is 12.0 Å². The van der Waals surface area contributed by atoms with Gasteiger partial charge < -0.3 is 5.32 Å². The summed E-state index contributed by atoms with van der Waals surface area (Å²) in [6.45, 7) is 16.6. The molecule has 0 rings (SSSR count). The van der Waals surface area contributed by atoms with Gasteiger partial charge in [-0.2, -0.15) is 0 Å². The van der Waals surface area contributed by atoms with Crippen LogP contribution in [0.5, 0.6) is 0 Å². The van der Waals surface area contributed by atoms with E-state index < -0.39 is 0 Å². The lowest BCUT2D eigenvalue weighted by Crippen LogP contribution is -2.38. The Morgan fingerprint density at radius 3 is 2.20 bits per heavy atom. The summed E-state index contributed by atoms with van der Waals surface area (Å²) in [6.07, 6.45) is 3.45. The number of hydrogen-bond acceptors (Lipinski definition) is 1. The fraction of sp³-hybridized carbons (Fsp3) is 0.857. The van der Waals surface area contributed by atoms with Crippen LogP contribution in [-0.4, -0.2) is 12.6 Å². The molecular formula is C14H29N. The molecule has 0 saturated heterocycles. The zero-order valence-electron chi connectivity index (χ0n) is 11.3. The Bertz CT molecular complexity index is 172. The lowest BCUT2D eigenvalue weighted by atomic mass is 9.86. The molecule has 1 N–H and O–H groups in total. The summed E-state index contributed by atoms with van der Waals surface area (Å²) >= 11 is 0. The minimum Gasteiger partial charge on any atom is -0.313 e. The molecular weight excluding hydrogens is 182 g/mol. The maximum atomic E-state index is 4.12. The lowest BCUT2D eigenvalue weighted by Gasteiger charge is -2.28. The Hall–Kier alpha value is -0.300. The quantitative estimate of drug-likeness (QED) is 0.598. The molecule has 0 aromatic carbocycles. The topological polar surface area (TPSA) is 12.0 Å². The number of hydrogen-bond donors (Lipinski definition) is 1. The average molecular weight is 211 g/mol. The fourth-order valence-electron chi connectivity index (χ4n) is 1.69. The van der Waals surface area contributed by atoms with Crippen molar-refractivity contribution in [3.8, 4) is 0 Å². The van der Waals surface area contributed by atoms with Gasteiger partial charge in [-0.15, -0.1) is 0 Å². The summed E-state index contributed by atoms with van der Waals surface area (Å²) in [6, 6.07) is 0.609. The van der Waals surface area contributed by atoms with Gasteiger partial charge in [-0.3, -0.25) is 0 Å². The summed E-state index contributed by atoms with van der Waals surface area (Å²) in [5, 5.41) is 3.65. The molecule has 0 aromatic rings. The van der Waals surface area contributed by atoms with Crippen molar-refractivity contribution in [1.29, 1.82) is 0 Å². The molecule has 0 saturated carbocycles. The lowest BCUT2D eigenvalue weighted by molar-refractivity contribution is 0.295. The van der Waals surface area contributed by atoms with Gasteiger partial charge in [0.05, 0.1) is 0 Å². The summed E-state index contributed by atoms with van der Waals surface area (Å²) in [5.41, 5.74) is 1.37. The van der Waals surface area contributed by atoms with Crippen molar-refractivity contribution >= 4 is 0 Å². The zero-order valence-corrected chi connectivity index (χ0v) is 11.3. The Morgan fingerprint density at radius 1 is 1.20 bits per heavy atom. The highest BCUT2D eigenvalue weighted by Gasteiger charge is 2.19. The molecule has 1 nitrogen and oxygen atoms in total. The fourth-order valence-corrected chi connectivity index (χ4v) is 1.69. The first-order chi connectivity index (χ1) is 7.02. The molecule has 2 unspecified atom stereocenters. The van der Waals surface area contributed by atoms with Crippen LogP contribution >= 0.6 is 0 Å². The highest BCUT2D eigenvalue weighted by atomic mass is 14.9. The van der Waals surface area contributed by atoms with Gasteiger partial charge >= 0.3 is 0 Å². The minimum atomic E-state index is 0.609. The Morgan fingerprint density at radius 2 is 1.80 bits per heavy atom. The largest absolute Gasteiger partial charge is 0.313 e. The minimum absolute atomic E-state index is 0.609. The highest BCUT2D eigenvalue weighted by Crippen LogP contribution is 2.20. The van der Waals surface area contributed by atoms with E-state index >= 15 is 0 Å². The van der Waals surface area contributed by atoms with E-state index in [1.54, 1.807) is 0 Å².